The molecule has 0 N–H and O–H groups in total. The van der Waals surface area contributed by atoms with Crippen LogP contribution in [0.15, 0.2) is 36.9 Å². The molecule has 0 unspecified atom stereocenters. The Bertz CT molecular complexity index is 231. The first-order valence-electron chi connectivity index (χ1n) is 6.41. The minimum absolute atomic E-state index is 1.14. The van der Waals surface area contributed by atoms with Crippen molar-refractivity contribution in [2.75, 3.05) is 0 Å². The predicted octanol–water partition coefficient (Wildman–Crippen LogP) is 5.56. The number of allylic oxidation sites excluding steroid dienone is 1. The first-order valence-corrected chi connectivity index (χ1v) is 6.41. The van der Waals surface area contributed by atoms with Crippen molar-refractivity contribution in [3.05, 3.63) is 48.0 Å². The fourth-order valence-corrected chi connectivity index (χ4v) is 1.03. The van der Waals surface area contributed by atoms with Crippen LogP contribution in [0.4, 0.5) is 0 Å². The van der Waals surface area contributed by atoms with E-state index in [9.17, 15) is 0 Å². The minimum atomic E-state index is 1.14. The number of benzene rings is 1. The predicted molar refractivity (Wildman–Crippen MR) is 77.0 cm³/mol. The van der Waals surface area contributed by atoms with Crippen LogP contribution in [0.1, 0.15) is 51.7 Å². The molecular formula is C16H28. The molecule has 92 valence electrons. The van der Waals surface area contributed by atoms with Crippen LogP contribution in [0.3, 0.4) is 0 Å². The molecule has 0 aromatic heterocycles. The lowest BCUT2D eigenvalue weighted by atomic mass is 10.1. The summed E-state index contributed by atoms with van der Waals surface area (Å²) in [5.41, 5.74) is 2.76. The van der Waals surface area contributed by atoms with E-state index in [4.69, 9.17) is 0 Å². The van der Waals surface area contributed by atoms with E-state index in [0.717, 1.165) is 12.8 Å². The highest BCUT2D eigenvalue weighted by Crippen LogP contribution is 2.02. The molecule has 0 saturated carbocycles. The zero-order chi connectivity index (χ0) is 12.8. The molecule has 0 aliphatic carbocycles. The molecule has 0 heterocycles. The summed E-state index contributed by atoms with van der Waals surface area (Å²) < 4.78 is 0. The van der Waals surface area contributed by atoms with Gasteiger partial charge in [0.2, 0.25) is 0 Å². The SMILES string of the molecule is C=CCCC.CC.CCc1ccc(C)cc1. The van der Waals surface area contributed by atoms with Crippen LogP contribution in [0, 0.1) is 6.92 Å². The summed E-state index contributed by atoms with van der Waals surface area (Å²) in [6, 6.07) is 8.66. The molecule has 1 aromatic rings. The van der Waals surface area contributed by atoms with E-state index in [1.54, 1.807) is 0 Å². The molecule has 0 amide bonds. The van der Waals surface area contributed by atoms with E-state index in [2.05, 4.69) is 51.6 Å². The normalized spacial score (nSPS) is 8.06. The Morgan fingerprint density at radius 3 is 1.81 bits per heavy atom. The Morgan fingerprint density at radius 1 is 1.06 bits per heavy atom. The number of hydrogen-bond acceptors (Lipinski definition) is 0. The summed E-state index contributed by atoms with van der Waals surface area (Å²) in [5.74, 6) is 0. The number of rotatable bonds is 3. The monoisotopic (exact) mass is 220 g/mol. The standard InChI is InChI=1S/C9H12.C5H10.C2H6/c1-3-9-6-4-8(2)5-7-9;1-3-5-4-2;1-2/h4-7H,3H2,1-2H3;3H,1,4-5H2,2H3;1-2H3. The lowest BCUT2D eigenvalue weighted by Crippen LogP contribution is -1.77. The van der Waals surface area contributed by atoms with Crippen molar-refractivity contribution in [1.29, 1.82) is 0 Å². The molecule has 0 heteroatoms. The molecule has 0 saturated heterocycles. The van der Waals surface area contributed by atoms with Crippen molar-refractivity contribution in [1.82, 2.24) is 0 Å². The Kier molecular flexibility index (Phi) is 15.1. The van der Waals surface area contributed by atoms with Crippen LogP contribution in [0.25, 0.3) is 0 Å². The largest absolute Gasteiger partial charge is 0.103 e. The Labute approximate surface area is 102 Å². The third kappa shape index (κ3) is 11.0. The van der Waals surface area contributed by atoms with Crippen LogP contribution >= 0.6 is 0 Å². The number of aryl methyl sites for hydroxylation is 2. The average Bonchev–Trinajstić information content (AvgIpc) is 2.34. The van der Waals surface area contributed by atoms with E-state index in [1.807, 2.05) is 19.9 Å². The first kappa shape index (κ1) is 17.4. The quantitative estimate of drug-likeness (QED) is 0.585. The molecule has 0 bridgehead atoms. The molecule has 0 spiro atoms. The van der Waals surface area contributed by atoms with Gasteiger partial charge in [-0.15, -0.1) is 6.58 Å². The highest BCUT2D eigenvalue weighted by Gasteiger charge is 1.84. The molecule has 1 rings (SSSR count). The lowest BCUT2D eigenvalue weighted by Gasteiger charge is -1.94. The molecule has 0 fully saturated rings. The third-order valence-corrected chi connectivity index (χ3v) is 2.02. The van der Waals surface area contributed by atoms with Crippen molar-refractivity contribution in [3.63, 3.8) is 0 Å². The Balaban J connectivity index is 0. The van der Waals surface area contributed by atoms with E-state index in [1.165, 1.54) is 17.5 Å². The fraction of sp³-hybridized carbons (Fsp3) is 0.500. The highest BCUT2D eigenvalue weighted by atomic mass is 13.9. The van der Waals surface area contributed by atoms with Gasteiger partial charge in [0.25, 0.3) is 0 Å². The van der Waals surface area contributed by atoms with Crippen LogP contribution in [-0.4, -0.2) is 0 Å². The third-order valence-electron chi connectivity index (χ3n) is 2.02. The van der Waals surface area contributed by atoms with Crippen molar-refractivity contribution < 1.29 is 0 Å². The summed E-state index contributed by atoms with van der Waals surface area (Å²) in [5, 5.41) is 0. The van der Waals surface area contributed by atoms with Gasteiger partial charge in [-0.2, -0.15) is 0 Å². The van der Waals surface area contributed by atoms with Gasteiger partial charge in [0.15, 0.2) is 0 Å². The van der Waals surface area contributed by atoms with Gasteiger partial charge in [0.05, 0.1) is 0 Å². The second-order valence-corrected chi connectivity index (χ2v) is 3.42. The van der Waals surface area contributed by atoms with E-state index in [-0.39, 0.29) is 0 Å². The van der Waals surface area contributed by atoms with Gasteiger partial charge in [0, 0.05) is 0 Å². The van der Waals surface area contributed by atoms with E-state index < -0.39 is 0 Å². The fourth-order valence-electron chi connectivity index (χ4n) is 1.03. The molecule has 0 atom stereocenters. The molecule has 0 radical (unpaired) electrons. The Morgan fingerprint density at radius 2 is 1.56 bits per heavy atom. The summed E-state index contributed by atoms with van der Waals surface area (Å²) in [4.78, 5) is 0. The zero-order valence-corrected chi connectivity index (χ0v) is 11.7. The molecule has 16 heavy (non-hydrogen) atoms. The molecule has 0 aliphatic rings. The van der Waals surface area contributed by atoms with Crippen molar-refractivity contribution >= 4 is 0 Å². The highest BCUT2D eigenvalue weighted by molar-refractivity contribution is 5.20. The van der Waals surface area contributed by atoms with Gasteiger partial charge in [-0.25, -0.2) is 0 Å². The van der Waals surface area contributed by atoms with Gasteiger partial charge in [-0.05, 0) is 25.3 Å². The second kappa shape index (κ2) is 14.0. The molecular weight excluding hydrogens is 192 g/mol. The summed E-state index contributed by atoms with van der Waals surface area (Å²) in [6.07, 6.45) is 5.45. The zero-order valence-electron chi connectivity index (χ0n) is 11.7. The summed E-state index contributed by atoms with van der Waals surface area (Å²) in [7, 11) is 0. The van der Waals surface area contributed by atoms with Gasteiger partial charge in [-0.1, -0.05) is 70.0 Å². The maximum Gasteiger partial charge on any atom is -0.0307 e. The first-order chi connectivity index (χ1) is 7.74. The topological polar surface area (TPSA) is 0 Å². The van der Waals surface area contributed by atoms with Crippen molar-refractivity contribution in [3.8, 4) is 0 Å². The number of unbranched alkanes of at least 4 members (excludes halogenated alkanes) is 1. The van der Waals surface area contributed by atoms with Crippen LogP contribution in [0.2, 0.25) is 0 Å². The minimum Gasteiger partial charge on any atom is -0.103 e. The molecule has 1 aromatic carbocycles. The Hall–Kier alpha value is -1.04. The number of hydrogen-bond donors (Lipinski definition) is 0. The second-order valence-electron chi connectivity index (χ2n) is 3.42. The maximum absolute atomic E-state index is 3.55. The van der Waals surface area contributed by atoms with Crippen LogP contribution < -0.4 is 0 Å². The van der Waals surface area contributed by atoms with Crippen molar-refractivity contribution in [2.45, 2.75) is 53.9 Å². The molecule has 0 aliphatic heterocycles. The van der Waals surface area contributed by atoms with Gasteiger partial charge < -0.3 is 0 Å². The maximum atomic E-state index is 3.55. The van der Waals surface area contributed by atoms with Crippen LogP contribution in [0.5, 0.6) is 0 Å². The summed E-state index contributed by atoms with van der Waals surface area (Å²) in [6.45, 7) is 14.0. The van der Waals surface area contributed by atoms with Gasteiger partial charge in [-0.3, -0.25) is 0 Å². The van der Waals surface area contributed by atoms with Gasteiger partial charge >= 0.3 is 0 Å². The van der Waals surface area contributed by atoms with Crippen molar-refractivity contribution in [2.24, 2.45) is 0 Å². The smallest absolute Gasteiger partial charge is 0.0307 e. The van der Waals surface area contributed by atoms with Crippen LogP contribution in [-0.2, 0) is 6.42 Å². The van der Waals surface area contributed by atoms with Gasteiger partial charge in [0.1, 0.15) is 0 Å². The van der Waals surface area contributed by atoms with E-state index in [0.29, 0.717) is 0 Å². The lowest BCUT2D eigenvalue weighted by molar-refractivity contribution is 0.961. The average molecular weight is 220 g/mol. The summed E-state index contributed by atoms with van der Waals surface area (Å²) >= 11 is 0. The molecule has 0 nitrogen and oxygen atoms in total. The van der Waals surface area contributed by atoms with E-state index >= 15 is 0 Å².